The maximum atomic E-state index is 5.86. The first-order chi connectivity index (χ1) is 9.10. The lowest BCUT2D eigenvalue weighted by Gasteiger charge is -2.08. The summed E-state index contributed by atoms with van der Waals surface area (Å²) in [5, 5.41) is 0.750. The molecule has 19 heavy (non-hydrogen) atoms. The van der Waals surface area contributed by atoms with Crippen LogP contribution in [-0.2, 0) is 12.3 Å². The molecule has 3 nitrogen and oxygen atoms in total. The van der Waals surface area contributed by atoms with Crippen molar-refractivity contribution in [3.8, 4) is 0 Å². The summed E-state index contributed by atoms with van der Waals surface area (Å²) >= 11 is 7.56. The first kappa shape index (κ1) is 14.3. The van der Waals surface area contributed by atoms with E-state index in [-0.39, 0.29) is 0 Å². The maximum absolute atomic E-state index is 5.86. The summed E-state index contributed by atoms with van der Waals surface area (Å²) < 4.78 is 0. The number of hydrogen-bond acceptors (Lipinski definition) is 4. The highest BCUT2D eigenvalue weighted by Gasteiger charge is 2.07. The molecule has 100 valence electrons. The van der Waals surface area contributed by atoms with E-state index in [0.29, 0.717) is 6.54 Å². The topological polar surface area (TPSA) is 51.8 Å². The molecule has 0 spiro atoms. The van der Waals surface area contributed by atoms with Gasteiger partial charge in [-0.25, -0.2) is 9.97 Å². The standard InChI is InChI=1S/C14H16ClN3S/c1-9-13(7-16)10(2)18-14(17-9)8-19-12-5-3-11(15)4-6-12/h3-6H,7-8,16H2,1-2H3. The third-order valence-corrected chi connectivity index (χ3v) is 4.11. The number of aryl methyl sites for hydroxylation is 2. The van der Waals surface area contributed by atoms with Crippen LogP contribution in [0, 0.1) is 13.8 Å². The van der Waals surface area contributed by atoms with E-state index in [1.807, 2.05) is 38.1 Å². The van der Waals surface area contributed by atoms with Gasteiger partial charge in [-0.15, -0.1) is 11.8 Å². The van der Waals surface area contributed by atoms with E-state index in [4.69, 9.17) is 17.3 Å². The third-order valence-electron chi connectivity index (χ3n) is 2.85. The lowest BCUT2D eigenvalue weighted by atomic mass is 10.2. The molecule has 5 heteroatoms. The Labute approximate surface area is 122 Å². The number of hydrogen-bond donors (Lipinski definition) is 1. The fraction of sp³-hybridized carbons (Fsp3) is 0.286. The van der Waals surface area contributed by atoms with Crippen molar-refractivity contribution in [3.05, 3.63) is 52.1 Å². The summed E-state index contributed by atoms with van der Waals surface area (Å²) in [5.74, 6) is 1.58. The van der Waals surface area contributed by atoms with Gasteiger partial charge < -0.3 is 5.73 Å². The molecule has 1 heterocycles. The Hall–Kier alpha value is -1.10. The van der Waals surface area contributed by atoms with Crippen LogP contribution in [0.25, 0.3) is 0 Å². The minimum Gasteiger partial charge on any atom is -0.326 e. The SMILES string of the molecule is Cc1nc(CSc2ccc(Cl)cc2)nc(C)c1CN. The van der Waals surface area contributed by atoms with Crippen LogP contribution in [0.1, 0.15) is 22.8 Å². The van der Waals surface area contributed by atoms with Crippen LogP contribution in [0.4, 0.5) is 0 Å². The molecule has 0 saturated carbocycles. The molecular weight excluding hydrogens is 278 g/mol. The lowest BCUT2D eigenvalue weighted by Crippen LogP contribution is -2.08. The van der Waals surface area contributed by atoms with Crippen molar-refractivity contribution in [2.75, 3.05) is 0 Å². The van der Waals surface area contributed by atoms with E-state index in [0.717, 1.165) is 38.4 Å². The molecule has 2 aromatic rings. The highest BCUT2D eigenvalue weighted by molar-refractivity contribution is 7.98. The smallest absolute Gasteiger partial charge is 0.139 e. The zero-order valence-corrected chi connectivity index (χ0v) is 12.6. The second-order valence-electron chi connectivity index (χ2n) is 4.24. The third kappa shape index (κ3) is 3.69. The van der Waals surface area contributed by atoms with Gasteiger partial charge in [0.05, 0.1) is 5.75 Å². The fourth-order valence-corrected chi connectivity index (χ4v) is 2.73. The maximum Gasteiger partial charge on any atom is 0.139 e. The molecule has 0 atom stereocenters. The Balaban J connectivity index is 2.09. The van der Waals surface area contributed by atoms with Gasteiger partial charge in [0.1, 0.15) is 5.82 Å². The summed E-state index contributed by atoms with van der Waals surface area (Å²) in [7, 11) is 0. The van der Waals surface area contributed by atoms with E-state index >= 15 is 0 Å². The Kier molecular flexibility index (Phi) is 4.80. The van der Waals surface area contributed by atoms with Crippen molar-refractivity contribution >= 4 is 23.4 Å². The summed E-state index contributed by atoms with van der Waals surface area (Å²) in [6.45, 7) is 4.45. The molecule has 0 bridgehead atoms. The van der Waals surface area contributed by atoms with Gasteiger partial charge >= 0.3 is 0 Å². The highest BCUT2D eigenvalue weighted by Crippen LogP contribution is 2.23. The van der Waals surface area contributed by atoms with Crippen LogP contribution in [0.5, 0.6) is 0 Å². The molecule has 0 unspecified atom stereocenters. The number of benzene rings is 1. The molecule has 0 amide bonds. The summed E-state index contributed by atoms with van der Waals surface area (Å²) in [6, 6.07) is 7.78. The molecule has 0 fully saturated rings. The van der Waals surface area contributed by atoms with Gasteiger partial charge in [-0.05, 0) is 38.1 Å². The lowest BCUT2D eigenvalue weighted by molar-refractivity contribution is 0.891. The second kappa shape index (κ2) is 6.37. The fourth-order valence-electron chi connectivity index (χ4n) is 1.85. The Morgan fingerprint density at radius 1 is 1.11 bits per heavy atom. The molecular formula is C14H16ClN3S. The number of rotatable bonds is 4. The second-order valence-corrected chi connectivity index (χ2v) is 5.72. The molecule has 1 aromatic carbocycles. The van der Waals surface area contributed by atoms with Gasteiger partial charge in [0.2, 0.25) is 0 Å². The average molecular weight is 294 g/mol. The molecule has 0 aliphatic heterocycles. The normalized spacial score (nSPS) is 10.7. The molecule has 0 aliphatic rings. The highest BCUT2D eigenvalue weighted by atomic mass is 35.5. The van der Waals surface area contributed by atoms with Crippen molar-refractivity contribution < 1.29 is 0 Å². The van der Waals surface area contributed by atoms with Crippen LogP contribution in [0.15, 0.2) is 29.2 Å². The molecule has 0 radical (unpaired) electrons. The van der Waals surface area contributed by atoms with Crippen molar-refractivity contribution in [2.24, 2.45) is 5.73 Å². The minimum absolute atomic E-state index is 0.488. The van der Waals surface area contributed by atoms with Crippen LogP contribution in [0.2, 0.25) is 5.02 Å². The summed E-state index contributed by atoms with van der Waals surface area (Å²) in [5.41, 5.74) is 8.67. The van der Waals surface area contributed by atoms with Gasteiger partial charge in [0.15, 0.2) is 0 Å². The van der Waals surface area contributed by atoms with Crippen LogP contribution in [-0.4, -0.2) is 9.97 Å². The van der Waals surface area contributed by atoms with E-state index in [1.165, 1.54) is 0 Å². The number of thioether (sulfide) groups is 1. The molecule has 2 N–H and O–H groups in total. The zero-order valence-electron chi connectivity index (χ0n) is 11.0. The van der Waals surface area contributed by atoms with E-state index in [9.17, 15) is 0 Å². The predicted molar refractivity (Wildman–Crippen MR) is 80.4 cm³/mol. The van der Waals surface area contributed by atoms with Crippen LogP contribution < -0.4 is 5.73 Å². The monoisotopic (exact) mass is 293 g/mol. The Morgan fingerprint density at radius 2 is 1.68 bits per heavy atom. The average Bonchev–Trinajstić information content (AvgIpc) is 2.38. The van der Waals surface area contributed by atoms with Crippen LogP contribution in [0.3, 0.4) is 0 Å². The Bertz CT molecular complexity index is 546. The largest absolute Gasteiger partial charge is 0.326 e. The molecule has 1 aromatic heterocycles. The van der Waals surface area contributed by atoms with E-state index in [1.54, 1.807) is 11.8 Å². The van der Waals surface area contributed by atoms with Gasteiger partial charge in [-0.1, -0.05) is 11.6 Å². The van der Waals surface area contributed by atoms with E-state index in [2.05, 4.69) is 9.97 Å². The first-order valence-corrected chi connectivity index (χ1v) is 7.38. The number of nitrogens with two attached hydrogens (primary N) is 1. The zero-order chi connectivity index (χ0) is 13.8. The molecule has 0 aliphatic carbocycles. The number of nitrogens with zero attached hydrogens (tertiary/aromatic N) is 2. The predicted octanol–water partition coefficient (Wildman–Crippen LogP) is 3.50. The van der Waals surface area contributed by atoms with Crippen molar-refractivity contribution in [2.45, 2.75) is 31.0 Å². The number of halogens is 1. The summed E-state index contributed by atoms with van der Waals surface area (Å²) in [6.07, 6.45) is 0. The number of aromatic nitrogens is 2. The summed E-state index contributed by atoms with van der Waals surface area (Å²) in [4.78, 5) is 10.2. The van der Waals surface area contributed by atoms with Crippen LogP contribution >= 0.6 is 23.4 Å². The minimum atomic E-state index is 0.488. The Morgan fingerprint density at radius 3 is 2.21 bits per heavy atom. The van der Waals surface area contributed by atoms with Crippen molar-refractivity contribution in [1.82, 2.24) is 9.97 Å². The van der Waals surface area contributed by atoms with Gasteiger partial charge in [0, 0.05) is 33.4 Å². The van der Waals surface area contributed by atoms with Gasteiger partial charge in [0.25, 0.3) is 0 Å². The van der Waals surface area contributed by atoms with Crippen molar-refractivity contribution in [3.63, 3.8) is 0 Å². The molecule has 2 rings (SSSR count). The van der Waals surface area contributed by atoms with Gasteiger partial charge in [-0.3, -0.25) is 0 Å². The molecule has 0 saturated heterocycles. The van der Waals surface area contributed by atoms with Gasteiger partial charge in [-0.2, -0.15) is 0 Å². The first-order valence-electron chi connectivity index (χ1n) is 6.01. The van der Waals surface area contributed by atoms with E-state index < -0.39 is 0 Å². The van der Waals surface area contributed by atoms with Crippen molar-refractivity contribution in [1.29, 1.82) is 0 Å². The quantitative estimate of drug-likeness (QED) is 0.877.